The van der Waals surface area contributed by atoms with Gasteiger partial charge in [-0.15, -0.1) is 0 Å². The van der Waals surface area contributed by atoms with Crippen molar-refractivity contribution in [1.82, 2.24) is 5.32 Å². The number of likely N-dealkylation sites (N-methyl/N-ethyl adjacent to an activating group) is 1. The molecule has 0 bridgehead atoms. The van der Waals surface area contributed by atoms with Crippen LogP contribution in [0.3, 0.4) is 0 Å². The number of hydrogen-bond acceptors (Lipinski definition) is 1. The van der Waals surface area contributed by atoms with Crippen LogP contribution in [0.25, 0.3) is 0 Å². The summed E-state index contributed by atoms with van der Waals surface area (Å²) in [5.41, 5.74) is 0.156. The van der Waals surface area contributed by atoms with Gasteiger partial charge in [-0.05, 0) is 31.0 Å². The lowest BCUT2D eigenvalue weighted by molar-refractivity contribution is -0.137. The highest BCUT2D eigenvalue weighted by Crippen LogP contribution is 2.30. The molecule has 1 aromatic carbocycles. The molecule has 0 spiro atoms. The molecule has 0 aliphatic rings. The predicted octanol–water partition coefficient (Wildman–Crippen LogP) is 3.88. The van der Waals surface area contributed by atoms with Crippen LogP contribution in [0.4, 0.5) is 13.2 Å². The van der Waals surface area contributed by atoms with Gasteiger partial charge in [0.2, 0.25) is 0 Å². The molecule has 0 saturated heterocycles. The molecule has 0 aromatic heterocycles. The third-order valence-electron chi connectivity index (χ3n) is 3.41. The standard InChI is InChI=1S/C14H20F3N/c1-4-10(2)13(18-3)9-11-6-5-7-12(8-11)14(15,16)17/h5-8,10,13,18H,4,9H2,1-3H3. The Labute approximate surface area is 106 Å². The topological polar surface area (TPSA) is 12.0 Å². The second-order valence-corrected chi connectivity index (χ2v) is 4.68. The number of hydrogen-bond donors (Lipinski definition) is 1. The highest BCUT2D eigenvalue weighted by Gasteiger charge is 2.30. The minimum Gasteiger partial charge on any atom is -0.316 e. The van der Waals surface area contributed by atoms with Crippen molar-refractivity contribution in [3.63, 3.8) is 0 Å². The van der Waals surface area contributed by atoms with E-state index in [0.29, 0.717) is 12.3 Å². The molecule has 4 heteroatoms. The van der Waals surface area contributed by atoms with Gasteiger partial charge in [0.05, 0.1) is 5.56 Å². The van der Waals surface area contributed by atoms with Gasteiger partial charge in [0, 0.05) is 6.04 Å². The Morgan fingerprint density at radius 3 is 2.44 bits per heavy atom. The van der Waals surface area contributed by atoms with E-state index < -0.39 is 11.7 Å². The molecule has 2 atom stereocenters. The third-order valence-corrected chi connectivity index (χ3v) is 3.41. The summed E-state index contributed by atoms with van der Waals surface area (Å²) in [6, 6.07) is 5.79. The van der Waals surface area contributed by atoms with Gasteiger partial charge in [-0.25, -0.2) is 0 Å². The fourth-order valence-electron chi connectivity index (χ4n) is 2.00. The zero-order valence-electron chi connectivity index (χ0n) is 11.0. The lowest BCUT2D eigenvalue weighted by Gasteiger charge is -2.22. The SMILES string of the molecule is CCC(C)C(Cc1cccc(C(F)(F)F)c1)NC. The molecule has 0 aliphatic carbocycles. The number of benzene rings is 1. The molecule has 1 rings (SSSR count). The minimum atomic E-state index is -4.26. The van der Waals surface area contributed by atoms with Crippen LogP contribution in [0.2, 0.25) is 0 Å². The van der Waals surface area contributed by atoms with Gasteiger partial charge < -0.3 is 5.32 Å². The fourth-order valence-corrected chi connectivity index (χ4v) is 2.00. The van der Waals surface area contributed by atoms with Crippen LogP contribution in [0, 0.1) is 5.92 Å². The predicted molar refractivity (Wildman–Crippen MR) is 67.5 cm³/mol. The molecule has 102 valence electrons. The molecule has 0 radical (unpaired) electrons. The number of alkyl halides is 3. The first-order chi connectivity index (χ1) is 8.38. The molecule has 0 heterocycles. The Hall–Kier alpha value is -1.03. The van der Waals surface area contributed by atoms with E-state index in [1.807, 2.05) is 7.05 Å². The van der Waals surface area contributed by atoms with Crippen LogP contribution in [0.15, 0.2) is 24.3 Å². The van der Waals surface area contributed by atoms with Crippen LogP contribution >= 0.6 is 0 Å². The summed E-state index contributed by atoms with van der Waals surface area (Å²) in [4.78, 5) is 0. The summed E-state index contributed by atoms with van der Waals surface area (Å²) in [7, 11) is 1.85. The number of nitrogens with one attached hydrogen (secondary N) is 1. The first kappa shape index (κ1) is 15.0. The zero-order valence-corrected chi connectivity index (χ0v) is 11.0. The van der Waals surface area contributed by atoms with Crippen molar-refractivity contribution in [3.05, 3.63) is 35.4 Å². The van der Waals surface area contributed by atoms with Gasteiger partial charge >= 0.3 is 6.18 Å². The molecule has 1 nitrogen and oxygen atoms in total. The first-order valence-corrected chi connectivity index (χ1v) is 6.21. The Kier molecular flexibility index (Phi) is 5.20. The second kappa shape index (κ2) is 6.23. The summed E-state index contributed by atoms with van der Waals surface area (Å²) < 4.78 is 37.8. The van der Waals surface area contributed by atoms with Crippen molar-refractivity contribution in [3.8, 4) is 0 Å². The van der Waals surface area contributed by atoms with E-state index in [9.17, 15) is 13.2 Å². The molecule has 0 saturated carbocycles. The lowest BCUT2D eigenvalue weighted by atomic mass is 9.92. The molecule has 1 N–H and O–H groups in total. The summed E-state index contributed by atoms with van der Waals surface area (Å²) in [6.07, 6.45) is -2.64. The highest BCUT2D eigenvalue weighted by molar-refractivity contribution is 5.26. The fraction of sp³-hybridized carbons (Fsp3) is 0.571. The molecule has 18 heavy (non-hydrogen) atoms. The van der Waals surface area contributed by atoms with Crippen molar-refractivity contribution in [1.29, 1.82) is 0 Å². The molecule has 0 aliphatic heterocycles. The van der Waals surface area contributed by atoms with E-state index in [4.69, 9.17) is 0 Å². The molecular weight excluding hydrogens is 239 g/mol. The Morgan fingerprint density at radius 1 is 1.28 bits per heavy atom. The van der Waals surface area contributed by atoms with Gasteiger partial charge in [-0.1, -0.05) is 38.5 Å². The number of rotatable bonds is 5. The maximum atomic E-state index is 12.6. The highest BCUT2D eigenvalue weighted by atomic mass is 19.4. The quantitative estimate of drug-likeness (QED) is 0.846. The van der Waals surface area contributed by atoms with Crippen LogP contribution in [0.5, 0.6) is 0 Å². The van der Waals surface area contributed by atoms with Crippen molar-refractivity contribution in [2.75, 3.05) is 7.05 Å². The van der Waals surface area contributed by atoms with Gasteiger partial charge in [0.1, 0.15) is 0 Å². The van der Waals surface area contributed by atoms with E-state index in [2.05, 4.69) is 19.2 Å². The molecule has 2 unspecified atom stereocenters. The maximum Gasteiger partial charge on any atom is 0.416 e. The summed E-state index contributed by atoms with van der Waals surface area (Å²) in [5, 5.41) is 3.18. The average molecular weight is 259 g/mol. The van der Waals surface area contributed by atoms with E-state index in [1.54, 1.807) is 6.07 Å². The van der Waals surface area contributed by atoms with Gasteiger partial charge in [-0.3, -0.25) is 0 Å². The summed E-state index contributed by atoms with van der Waals surface area (Å²) in [5.74, 6) is 0.435. The van der Waals surface area contributed by atoms with E-state index in [1.165, 1.54) is 12.1 Å². The van der Waals surface area contributed by atoms with E-state index >= 15 is 0 Å². The van der Waals surface area contributed by atoms with Crippen LogP contribution in [0.1, 0.15) is 31.4 Å². The largest absolute Gasteiger partial charge is 0.416 e. The molecular formula is C14H20F3N. The first-order valence-electron chi connectivity index (χ1n) is 6.21. The third kappa shape index (κ3) is 4.02. The van der Waals surface area contributed by atoms with Crippen molar-refractivity contribution < 1.29 is 13.2 Å². The Bertz CT molecular complexity index is 374. The molecule has 0 amide bonds. The smallest absolute Gasteiger partial charge is 0.316 e. The van der Waals surface area contributed by atoms with Crippen molar-refractivity contribution in [2.24, 2.45) is 5.92 Å². The molecule has 0 fully saturated rings. The van der Waals surface area contributed by atoms with Gasteiger partial charge in [-0.2, -0.15) is 13.2 Å². The van der Waals surface area contributed by atoms with Crippen LogP contribution in [-0.2, 0) is 12.6 Å². The summed E-state index contributed by atoms with van der Waals surface area (Å²) in [6.45, 7) is 4.19. The monoisotopic (exact) mass is 259 g/mol. The zero-order chi connectivity index (χ0) is 13.8. The Balaban J connectivity index is 2.84. The second-order valence-electron chi connectivity index (χ2n) is 4.68. The van der Waals surface area contributed by atoms with Gasteiger partial charge in [0.15, 0.2) is 0 Å². The number of halogens is 3. The lowest BCUT2D eigenvalue weighted by Crippen LogP contribution is -2.33. The van der Waals surface area contributed by atoms with E-state index in [-0.39, 0.29) is 6.04 Å². The normalized spacial score (nSPS) is 15.4. The summed E-state index contributed by atoms with van der Waals surface area (Å²) >= 11 is 0. The average Bonchev–Trinajstić information content (AvgIpc) is 2.34. The van der Waals surface area contributed by atoms with E-state index in [0.717, 1.165) is 18.1 Å². The molecule has 1 aromatic rings. The van der Waals surface area contributed by atoms with Gasteiger partial charge in [0.25, 0.3) is 0 Å². The van der Waals surface area contributed by atoms with Crippen molar-refractivity contribution >= 4 is 0 Å². The van der Waals surface area contributed by atoms with Crippen molar-refractivity contribution in [2.45, 2.75) is 38.9 Å². The maximum absolute atomic E-state index is 12.6. The van der Waals surface area contributed by atoms with Crippen LogP contribution < -0.4 is 5.32 Å². The Morgan fingerprint density at radius 2 is 1.94 bits per heavy atom. The minimum absolute atomic E-state index is 0.207. The van der Waals surface area contributed by atoms with Crippen LogP contribution in [-0.4, -0.2) is 13.1 Å².